The van der Waals surface area contributed by atoms with Gasteiger partial charge in [-0.25, -0.2) is 9.78 Å². The first-order chi connectivity index (χ1) is 13.3. The number of rotatable bonds is 4. The summed E-state index contributed by atoms with van der Waals surface area (Å²) in [6.45, 7) is 5.69. The molecule has 7 nitrogen and oxygen atoms in total. The predicted octanol–water partition coefficient (Wildman–Crippen LogP) is 2.25. The van der Waals surface area contributed by atoms with E-state index in [9.17, 15) is 14.4 Å². The van der Waals surface area contributed by atoms with E-state index in [1.54, 1.807) is 13.2 Å². The molecule has 0 radical (unpaired) electrons. The van der Waals surface area contributed by atoms with Crippen molar-refractivity contribution < 1.29 is 4.79 Å². The third-order valence-electron chi connectivity index (χ3n) is 5.37. The van der Waals surface area contributed by atoms with Gasteiger partial charge in [0.15, 0.2) is 0 Å². The summed E-state index contributed by atoms with van der Waals surface area (Å²) in [5.74, 6) is 0.535. The van der Waals surface area contributed by atoms with Gasteiger partial charge in [0, 0.05) is 38.3 Å². The molecule has 0 spiro atoms. The first-order valence-corrected chi connectivity index (χ1v) is 10.8. The summed E-state index contributed by atoms with van der Waals surface area (Å²) in [5, 5.41) is 0.421. The Labute approximate surface area is 168 Å². The molecule has 0 N–H and O–H groups in total. The quantitative estimate of drug-likeness (QED) is 0.731. The minimum atomic E-state index is -0.404. The third-order valence-corrected chi connectivity index (χ3v) is 6.49. The molecule has 28 heavy (non-hydrogen) atoms. The highest BCUT2D eigenvalue weighted by molar-refractivity contribution is 8.00. The topological polar surface area (TPSA) is 77.2 Å². The van der Waals surface area contributed by atoms with Crippen LogP contribution in [0.25, 0.3) is 11.0 Å². The van der Waals surface area contributed by atoms with Crippen LogP contribution in [0.5, 0.6) is 0 Å². The Hall–Kier alpha value is -2.09. The average Bonchev–Trinajstić information content (AvgIpc) is 2.97. The van der Waals surface area contributed by atoms with E-state index in [0.29, 0.717) is 11.0 Å². The number of aromatic nitrogens is 3. The summed E-state index contributed by atoms with van der Waals surface area (Å²) < 4.78 is 2.50. The van der Waals surface area contributed by atoms with Crippen LogP contribution < -0.4 is 11.2 Å². The van der Waals surface area contributed by atoms with Crippen molar-refractivity contribution in [1.29, 1.82) is 0 Å². The highest BCUT2D eigenvalue weighted by Crippen LogP contribution is 2.32. The lowest BCUT2D eigenvalue weighted by atomic mass is 10.0. The predicted molar refractivity (Wildman–Crippen MR) is 112 cm³/mol. The molecule has 0 bridgehead atoms. The number of hydrogen-bond donors (Lipinski definition) is 0. The van der Waals surface area contributed by atoms with Crippen molar-refractivity contribution in [3.05, 3.63) is 32.6 Å². The molecular weight excluding hydrogens is 376 g/mol. The van der Waals surface area contributed by atoms with Crippen LogP contribution >= 0.6 is 11.8 Å². The highest BCUT2D eigenvalue weighted by atomic mass is 32.2. The van der Waals surface area contributed by atoms with Crippen LogP contribution in [-0.2, 0) is 18.9 Å². The number of aryl methyl sites for hydroxylation is 1. The Bertz CT molecular complexity index is 1000. The van der Waals surface area contributed by atoms with Crippen LogP contribution in [0.3, 0.4) is 0 Å². The van der Waals surface area contributed by atoms with E-state index in [-0.39, 0.29) is 23.1 Å². The van der Waals surface area contributed by atoms with Gasteiger partial charge >= 0.3 is 5.69 Å². The number of nitrogens with zero attached hydrogens (tertiary/aromatic N) is 4. The molecule has 1 amide bonds. The Morgan fingerprint density at radius 1 is 1.11 bits per heavy atom. The lowest BCUT2D eigenvalue weighted by molar-refractivity contribution is -0.128. The van der Waals surface area contributed by atoms with Crippen molar-refractivity contribution in [3.8, 4) is 0 Å². The normalized spacial score (nSPS) is 15.2. The van der Waals surface area contributed by atoms with Gasteiger partial charge in [0.2, 0.25) is 5.91 Å². The zero-order valence-electron chi connectivity index (χ0n) is 17.0. The molecule has 8 heteroatoms. The Balaban J connectivity index is 2.03. The molecule has 0 aliphatic carbocycles. The van der Waals surface area contributed by atoms with Crippen LogP contribution in [0, 0.1) is 0 Å². The second-order valence-electron chi connectivity index (χ2n) is 7.69. The number of likely N-dealkylation sites (tertiary alicyclic amines) is 1. The minimum absolute atomic E-state index is 0.105. The Kier molecular flexibility index (Phi) is 6.27. The van der Waals surface area contributed by atoms with Crippen molar-refractivity contribution in [2.45, 2.75) is 50.3 Å². The summed E-state index contributed by atoms with van der Waals surface area (Å²) in [6, 6.07) is 0. The standard InChI is InChI=1S/C20H28N4O3S/c1-13(2)14-11-21-18-16(19(26)23(4)20(27)22(18)3)17(14)28-12-15(25)24-9-7-5-6-8-10-24/h11,13H,5-10,12H2,1-4H3. The molecule has 2 aromatic heterocycles. The number of hydrogen-bond acceptors (Lipinski definition) is 5. The van der Waals surface area contributed by atoms with Crippen LogP contribution in [0.2, 0.25) is 0 Å². The molecule has 1 saturated heterocycles. The van der Waals surface area contributed by atoms with Crippen LogP contribution in [-0.4, -0.2) is 43.8 Å². The maximum Gasteiger partial charge on any atom is 0.332 e. The van der Waals surface area contributed by atoms with Crippen molar-refractivity contribution >= 4 is 28.7 Å². The molecule has 1 aliphatic rings. The number of pyridine rings is 1. The van der Waals surface area contributed by atoms with E-state index in [1.807, 2.05) is 18.7 Å². The molecule has 0 atom stereocenters. The molecule has 3 heterocycles. The van der Waals surface area contributed by atoms with E-state index in [1.165, 1.54) is 36.2 Å². The molecule has 3 rings (SSSR count). The summed E-state index contributed by atoms with van der Waals surface area (Å²) in [4.78, 5) is 45.0. The lowest BCUT2D eigenvalue weighted by Gasteiger charge is -2.21. The third kappa shape index (κ3) is 3.87. The van der Waals surface area contributed by atoms with Gasteiger partial charge in [0.25, 0.3) is 5.56 Å². The first-order valence-electron chi connectivity index (χ1n) is 9.82. The highest BCUT2D eigenvalue weighted by Gasteiger charge is 2.21. The fraction of sp³-hybridized carbons (Fsp3) is 0.600. The van der Waals surface area contributed by atoms with E-state index < -0.39 is 5.69 Å². The maximum absolute atomic E-state index is 12.9. The van der Waals surface area contributed by atoms with Gasteiger partial charge in [0.05, 0.1) is 11.1 Å². The van der Waals surface area contributed by atoms with Gasteiger partial charge in [-0.05, 0) is 24.3 Å². The van der Waals surface area contributed by atoms with Crippen molar-refractivity contribution in [3.63, 3.8) is 0 Å². The largest absolute Gasteiger partial charge is 0.342 e. The summed E-state index contributed by atoms with van der Waals surface area (Å²) in [6.07, 6.45) is 6.18. The first kappa shape index (κ1) is 20.6. The molecule has 0 aromatic carbocycles. The van der Waals surface area contributed by atoms with Crippen molar-refractivity contribution in [2.75, 3.05) is 18.8 Å². The molecule has 2 aromatic rings. The molecule has 1 fully saturated rings. The SMILES string of the molecule is CC(C)c1cnc2c(c1SCC(=O)N1CCCCCC1)c(=O)n(C)c(=O)n2C. The van der Waals surface area contributed by atoms with Crippen LogP contribution in [0.1, 0.15) is 51.0 Å². The average molecular weight is 405 g/mol. The molecule has 1 aliphatic heterocycles. The fourth-order valence-electron chi connectivity index (χ4n) is 3.63. The second kappa shape index (κ2) is 8.51. The number of thioether (sulfide) groups is 1. The zero-order chi connectivity index (χ0) is 20.4. The van der Waals surface area contributed by atoms with E-state index >= 15 is 0 Å². The summed E-state index contributed by atoms with van der Waals surface area (Å²) >= 11 is 1.39. The number of fused-ring (bicyclic) bond motifs is 1. The van der Waals surface area contributed by atoms with Gasteiger partial charge < -0.3 is 4.90 Å². The monoisotopic (exact) mass is 404 g/mol. The molecular formula is C20H28N4O3S. The number of carbonyl (C=O) groups is 1. The van der Waals surface area contributed by atoms with Gasteiger partial charge in [-0.2, -0.15) is 0 Å². The van der Waals surface area contributed by atoms with E-state index in [2.05, 4.69) is 4.98 Å². The van der Waals surface area contributed by atoms with Crippen molar-refractivity contribution in [2.24, 2.45) is 14.1 Å². The molecule has 0 unspecified atom stereocenters. The van der Waals surface area contributed by atoms with Gasteiger partial charge in [-0.3, -0.25) is 18.7 Å². The molecule has 152 valence electrons. The Morgan fingerprint density at radius 3 is 2.36 bits per heavy atom. The fourth-order valence-corrected chi connectivity index (χ4v) is 4.86. The maximum atomic E-state index is 12.9. The van der Waals surface area contributed by atoms with Crippen molar-refractivity contribution in [1.82, 2.24) is 19.0 Å². The van der Waals surface area contributed by atoms with Crippen LogP contribution in [0.15, 0.2) is 20.7 Å². The number of amides is 1. The second-order valence-corrected chi connectivity index (χ2v) is 8.67. The van der Waals surface area contributed by atoms with Gasteiger partial charge in [-0.1, -0.05) is 26.7 Å². The number of carbonyl (C=O) groups excluding carboxylic acids is 1. The van der Waals surface area contributed by atoms with Gasteiger partial charge in [-0.15, -0.1) is 11.8 Å². The smallest absolute Gasteiger partial charge is 0.332 e. The lowest BCUT2D eigenvalue weighted by Crippen LogP contribution is -2.37. The molecule has 0 saturated carbocycles. The summed E-state index contributed by atoms with van der Waals surface area (Å²) in [5.41, 5.74) is 0.524. The Morgan fingerprint density at radius 2 is 1.75 bits per heavy atom. The van der Waals surface area contributed by atoms with Gasteiger partial charge in [0.1, 0.15) is 5.65 Å². The van der Waals surface area contributed by atoms with E-state index in [4.69, 9.17) is 0 Å². The van der Waals surface area contributed by atoms with Crippen LogP contribution in [0.4, 0.5) is 0 Å². The minimum Gasteiger partial charge on any atom is -0.342 e. The zero-order valence-corrected chi connectivity index (χ0v) is 17.8. The summed E-state index contributed by atoms with van der Waals surface area (Å²) in [7, 11) is 3.09. The van der Waals surface area contributed by atoms with E-state index in [0.717, 1.165) is 41.0 Å².